The Morgan fingerprint density at radius 3 is 2.91 bits per heavy atom. The average molecular weight is 317 g/mol. The van der Waals surface area contributed by atoms with Gasteiger partial charge in [0.2, 0.25) is 4.96 Å². The molecule has 3 aromatic rings. The molecule has 3 rings (SSSR count). The summed E-state index contributed by atoms with van der Waals surface area (Å²) in [6.07, 6.45) is 0.970. The van der Waals surface area contributed by atoms with E-state index < -0.39 is 0 Å². The van der Waals surface area contributed by atoms with E-state index in [1.165, 1.54) is 15.9 Å². The van der Waals surface area contributed by atoms with Gasteiger partial charge in [-0.05, 0) is 12.6 Å². The summed E-state index contributed by atoms with van der Waals surface area (Å²) in [6, 6.07) is 7.52. The Kier molecular flexibility index (Phi) is 4.12. The van der Waals surface area contributed by atoms with Crippen LogP contribution >= 0.6 is 11.3 Å². The number of methoxy groups -OCH3 is 1. The first kappa shape index (κ1) is 14.6. The van der Waals surface area contributed by atoms with Crippen molar-refractivity contribution in [2.24, 2.45) is 5.73 Å². The second-order valence-corrected chi connectivity index (χ2v) is 5.71. The summed E-state index contributed by atoms with van der Waals surface area (Å²) in [6.45, 7) is 0.482. The van der Waals surface area contributed by atoms with Crippen LogP contribution in [-0.4, -0.2) is 33.5 Å². The van der Waals surface area contributed by atoms with Gasteiger partial charge in [0.15, 0.2) is 0 Å². The fraction of sp³-hybridized carbons (Fsp3) is 0.286. The molecule has 2 aromatic heterocycles. The molecular formula is C14H15N5O2S. The van der Waals surface area contributed by atoms with Crippen LogP contribution in [0.4, 0.5) is 0 Å². The van der Waals surface area contributed by atoms with E-state index in [-0.39, 0.29) is 5.56 Å². The fourth-order valence-corrected chi connectivity index (χ4v) is 3.00. The number of fused-ring (bicyclic) bond motifs is 1. The predicted octanol–water partition coefficient (Wildman–Crippen LogP) is 0.647. The third-order valence-corrected chi connectivity index (χ3v) is 4.16. The average Bonchev–Trinajstić information content (AvgIpc) is 2.94. The lowest BCUT2D eigenvalue weighted by atomic mass is 10.1. The molecule has 1 aromatic carbocycles. The first-order valence-electron chi connectivity index (χ1n) is 6.79. The molecule has 0 fully saturated rings. The van der Waals surface area contributed by atoms with E-state index in [1.807, 2.05) is 24.3 Å². The maximum atomic E-state index is 12.5. The Morgan fingerprint density at radius 2 is 2.14 bits per heavy atom. The number of para-hydroxylation sites is 1. The van der Waals surface area contributed by atoms with Crippen LogP contribution in [0.15, 0.2) is 29.1 Å². The van der Waals surface area contributed by atoms with Crippen LogP contribution in [0.3, 0.4) is 0 Å². The Hall–Kier alpha value is -2.32. The zero-order valence-electron chi connectivity index (χ0n) is 12.0. The molecule has 0 radical (unpaired) electrons. The van der Waals surface area contributed by atoms with Crippen molar-refractivity contribution in [1.82, 2.24) is 19.8 Å². The Labute approximate surface area is 130 Å². The van der Waals surface area contributed by atoms with E-state index in [4.69, 9.17) is 10.5 Å². The number of hydrogen-bond donors (Lipinski definition) is 1. The highest BCUT2D eigenvalue weighted by atomic mass is 32.1. The predicted molar refractivity (Wildman–Crippen MR) is 83.5 cm³/mol. The van der Waals surface area contributed by atoms with E-state index in [0.717, 1.165) is 16.3 Å². The Bertz CT molecular complexity index is 858. The molecule has 2 N–H and O–H groups in total. The lowest BCUT2D eigenvalue weighted by Gasteiger charge is -2.06. The number of aromatic nitrogens is 4. The van der Waals surface area contributed by atoms with Crippen LogP contribution in [0, 0.1) is 0 Å². The molecule has 0 unspecified atom stereocenters. The molecular weight excluding hydrogens is 302 g/mol. The van der Waals surface area contributed by atoms with Gasteiger partial charge in [-0.15, -0.1) is 10.2 Å². The zero-order chi connectivity index (χ0) is 15.5. The van der Waals surface area contributed by atoms with E-state index >= 15 is 0 Å². The van der Waals surface area contributed by atoms with Gasteiger partial charge < -0.3 is 10.5 Å². The molecule has 0 atom stereocenters. The van der Waals surface area contributed by atoms with Gasteiger partial charge in [-0.25, -0.2) is 0 Å². The van der Waals surface area contributed by atoms with Crippen molar-refractivity contribution >= 4 is 16.3 Å². The molecule has 7 nitrogen and oxygen atoms in total. The lowest BCUT2D eigenvalue weighted by molar-refractivity contribution is 0.410. The van der Waals surface area contributed by atoms with Crippen molar-refractivity contribution in [2.75, 3.05) is 13.7 Å². The summed E-state index contributed by atoms with van der Waals surface area (Å²) in [5, 5.41) is 13.2. The van der Waals surface area contributed by atoms with Gasteiger partial charge in [0.1, 0.15) is 16.5 Å². The van der Waals surface area contributed by atoms with E-state index in [2.05, 4.69) is 15.3 Å². The van der Waals surface area contributed by atoms with Gasteiger partial charge in [-0.1, -0.05) is 29.5 Å². The molecule has 0 aliphatic heterocycles. The molecule has 0 saturated heterocycles. The topological polar surface area (TPSA) is 95.4 Å². The Balaban J connectivity index is 2.01. The summed E-state index contributed by atoms with van der Waals surface area (Å²) >= 11 is 1.33. The molecule has 114 valence electrons. The molecule has 0 spiro atoms. The first-order chi connectivity index (χ1) is 10.7. The van der Waals surface area contributed by atoms with Crippen LogP contribution in [-0.2, 0) is 12.8 Å². The summed E-state index contributed by atoms with van der Waals surface area (Å²) < 4.78 is 6.60. The highest BCUT2D eigenvalue weighted by Gasteiger charge is 2.13. The van der Waals surface area contributed by atoms with Crippen molar-refractivity contribution in [3.63, 3.8) is 0 Å². The van der Waals surface area contributed by atoms with Crippen LogP contribution in [0.25, 0.3) is 4.96 Å². The fourth-order valence-electron chi connectivity index (χ4n) is 2.15. The van der Waals surface area contributed by atoms with E-state index in [1.54, 1.807) is 7.11 Å². The number of rotatable bonds is 5. The van der Waals surface area contributed by atoms with Crippen LogP contribution in [0.1, 0.15) is 16.3 Å². The van der Waals surface area contributed by atoms with E-state index in [9.17, 15) is 4.79 Å². The summed E-state index contributed by atoms with van der Waals surface area (Å²) in [4.78, 5) is 13.0. The van der Waals surface area contributed by atoms with Gasteiger partial charge in [0.25, 0.3) is 5.56 Å². The molecule has 8 heteroatoms. The number of ether oxygens (including phenoxy) is 1. The van der Waals surface area contributed by atoms with Crippen molar-refractivity contribution in [3.05, 3.63) is 50.9 Å². The van der Waals surface area contributed by atoms with Gasteiger partial charge >= 0.3 is 0 Å². The summed E-state index contributed by atoms with van der Waals surface area (Å²) in [5.74, 6) is 0.718. The van der Waals surface area contributed by atoms with Gasteiger partial charge in [0.05, 0.1) is 7.11 Å². The minimum Gasteiger partial charge on any atom is -0.496 e. The minimum atomic E-state index is -0.254. The van der Waals surface area contributed by atoms with Crippen molar-refractivity contribution in [2.45, 2.75) is 12.8 Å². The van der Waals surface area contributed by atoms with Crippen LogP contribution < -0.4 is 16.0 Å². The molecule has 2 heterocycles. The van der Waals surface area contributed by atoms with E-state index in [0.29, 0.717) is 30.0 Å². The molecule has 0 aliphatic carbocycles. The number of hydrogen-bond acceptors (Lipinski definition) is 7. The van der Waals surface area contributed by atoms with Gasteiger partial charge in [0, 0.05) is 18.4 Å². The number of benzene rings is 1. The lowest BCUT2D eigenvalue weighted by Crippen LogP contribution is -2.22. The standard InChI is InChI=1S/C14H15N5O2S/c1-21-11-5-3-2-4-9(11)8-10-13(20)19-14(17-16-10)22-12(18-19)6-7-15/h2-5H,6-8,15H2,1H3. The van der Waals surface area contributed by atoms with Crippen molar-refractivity contribution < 1.29 is 4.74 Å². The molecule has 0 saturated carbocycles. The highest BCUT2D eigenvalue weighted by Crippen LogP contribution is 2.19. The maximum absolute atomic E-state index is 12.5. The second-order valence-electron chi connectivity index (χ2n) is 4.67. The third-order valence-electron chi connectivity index (χ3n) is 3.21. The SMILES string of the molecule is COc1ccccc1Cc1nnc2sc(CCN)nn2c1=O. The van der Waals surface area contributed by atoms with Gasteiger partial charge in [-0.2, -0.15) is 9.61 Å². The number of nitrogens with two attached hydrogens (primary N) is 1. The minimum absolute atomic E-state index is 0.254. The quantitative estimate of drug-likeness (QED) is 0.742. The maximum Gasteiger partial charge on any atom is 0.297 e. The number of nitrogens with zero attached hydrogens (tertiary/aromatic N) is 4. The molecule has 0 aliphatic rings. The first-order valence-corrected chi connectivity index (χ1v) is 7.61. The van der Waals surface area contributed by atoms with Crippen molar-refractivity contribution in [1.29, 1.82) is 0 Å². The third kappa shape index (κ3) is 2.70. The summed E-state index contributed by atoms with van der Waals surface area (Å²) in [5.41, 5.74) is 6.48. The Morgan fingerprint density at radius 1 is 1.32 bits per heavy atom. The zero-order valence-corrected chi connectivity index (χ0v) is 12.8. The van der Waals surface area contributed by atoms with Gasteiger partial charge in [-0.3, -0.25) is 4.79 Å². The molecule has 0 bridgehead atoms. The normalized spacial score (nSPS) is 11.0. The van der Waals surface area contributed by atoms with Crippen LogP contribution in [0.5, 0.6) is 5.75 Å². The molecule has 0 amide bonds. The largest absolute Gasteiger partial charge is 0.496 e. The van der Waals surface area contributed by atoms with Crippen LogP contribution in [0.2, 0.25) is 0 Å². The second kappa shape index (κ2) is 6.20. The summed E-state index contributed by atoms with van der Waals surface area (Å²) in [7, 11) is 1.60. The van der Waals surface area contributed by atoms with Crippen molar-refractivity contribution in [3.8, 4) is 5.75 Å². The monoisotopic (exact) mass is 317 g/mol. The smallest absolute Gasteiger partial charge is 0.297 e. The highest BCUT2D eigenvalue weighted by molar-refractivity contribution is 7.16. The molecule has 22 heavy (non-hydrogen) atoms.